The molecule has 3 nitrogen and oxygen atoms in total. The Hall–Kier alpha value is 0.230. The molecule has 1 fully saturated rings. The van der Waals surface area contributed by atoms with E-state index in [-0.39, 0.29) is 6.10 Å². The molecule has 2 N–H and O–H groups in total. The fraction of sp³-hybridized carbons (Fsp3) is 1.00. The average molecular weight is 232 g/mol. The molecule has 90 valence electrons. The Balaban J connectivity index is 2.16. The van der Waals surface area contributed by atoms with E-state index >= 15 is 0 Å². The van der Waals surface area contributed by atoms with Crippen molar-refractivity contribution in [2.24, 2.45) is 5.73 Å². The number of hydrogen-bond acceptors (Lipinski definition) is 4. The van der Waals surface area contributed by atoms with E-state index in [1.807, 2.05) is 6.92 Å². The zero-order valence-electron chi connectivity index (χ0n) is 9.95. The molecule has 0 aromatic heterocycles. The number of nitrogens with two attached hydrogens (primary N) is 1. The third-order valence-corrected chi connectivity index (χ3v) is 4.14. The minimum Gasteiger partial charge on any atom is -0.377 e. The molecule has 0 aromatic carbocycles. The van der Waals surface area contributed by atoms with E-state index in [1.165, 1.54) is 17.9 Å². The third kappa shape index (κ3) is 4.72. The molecule has 1 rings (SSSR count). The molecule has 0 saturated carbocycles. The molecule has 0 amide bonds. The van der Waals surface area contributed by atoms with Gasteiger partial charge in [0.15, 0.2) is 0 Å². The monoisotopic (exact) mass is 232 g/mol. The third-order valence-electron chi connectivity index (χ3n) is 3.00. The van der Waals surface area contributed by atoms with Gasteiger partial charge in [0.25, 0.3) is 0 Å². The number of nitrogens with zero attached hydrogens (tertiary/aromatic N) is 1. The van der Waals surface area contributed by atoms with Crippen molar-refractivity contribution in [1.29, 1.82) is 0 Å². The van der Waals surface area contributed by atoms with Gasteiger partial charge < -0.3 is 15.4 Å². The molecule has 15 heavy (non-hydrogen) atoms. The van der Waals surface area contributed by atoms with Gasteiger partial charge in [-0.3, -0.25) is 0 Å². The molecule has 2 unspecified atom stereocenters. The highest BCUT2D eigenvalue weighted by molar-refractivity contribution is 7.99. The molecule has 1 aliphatic rings. The molecule has 1 aliphatic heterocycles. The first-order chi connectivity index (χ1) is 7.27. The van der Waals surface area contributed by atoms with Crippen LogP contribution in [0.15, 0.2) is 0 Å². The summed E-state index contributed by atoms with van der Waals surface area (Å²) in [6.07, 6.45) is 2.64. The molecular weight excluding hydrogens is 208 g/mol. The summed E-state index contributed by atoms with van der Waals surface area (Å²) in [4.78, 5) is 2.46. The number of thioether (sulfide) groups is 1. The van der Waals surface area contributed by atoms with Gasteiger partial charge in [-0.05, 0) is 32.6 Å². The van der Waals surface area contributed by atoms with Gasteiger partial charge in [0, 0.05) is 31.5 Å². The predicted molar refractivity (Wildman–Crippen MR) is 67.4 cm³/mol. The van der Waals surface area contributed by atoms with Crippen LogP contribution in [-0.2, 0) is 4.74 Å². The van der Waals surface area contributed by atoms with Crippen LogP contribution in [0, 0.1) is 0 Å². The van der Waals surface area contributed by atoms with Gasteiger partial charge >= 0.3 is 0 Å². The summed E-state index contributed by atoms with van der Waals surface area (Å²) in [6, 6.07) is 0.773. The lowest BCUT2D eigenvalue weighted by molar-refractivity contribution is 0.0538. The Morgan fingerprint density at radius 3 is 2.93 bits per heavy atom. The van der Waals surface area contributed by atoms with Crippen molar-refractivity contribution < 1.29 is 4.74 Å². The molecule has 4 heteroatoms. The van der Waals surface area contributed by atoms with Crippen molar-refractivity contribution in [2.45, 2.75) is 31.9 Å². The number of rotatable bonds is 7. The second-order valence-electron chi connectivity index (χ2n) is 4.10. The standard InChI is InChI=1S/C11H24N2OS/c1-3-14-11(8-12)4-6-13(2)10-5-7-15-9-10/h10-11H,3-9,12H2,1-2H3. The molecule has 0 aromatic rings. The van der Waals surface area contributed by atoms with Gasteiger partial charge in [-0.1, -0.05) is 0 Å². The second-order valence-corrected chi connectivity index (χ2v) is 5.25. The smallest absolute Gasteiger partial charge is 0.0709 e. The van der Waals surface area contributed by atoms with Crippen molar-refractivity contribution in [3.8, 4) is 0 Å². The molecule has 0 spiro atoms. The Morgan fingerprint density at radius 2 is 2.40 bits per heavy atom. The maximum atomic E-state index is 5.65. The minimum absolute atomic E-state index is 0.242. The minimum atomic E-state index is 0.242. The van der Waals surface area contributed by atoms with E-state index in [0.29, 0.717) is 6.54 Å². The molecule has 0 aliphatic carbocycles. The van der Waals surface area contributed by atoms with E-state index in [9.17, 15) is 0 Å². The first-order valence-corrected chi connectivity index (χ1v) is 7.03. The van der Waals surface area contributed by atoms with E-state index < -0.39 is 0 Å². The fourth-order valence-corrected chi connectivity index (χ4v) is 3.20. The molecule has 1 heterocycles. The van der Waals surface area contributed by atoms with Crippen LogP contribution in [0.5, 0.6) is 0 Å². The Kier molecular flexibility index (Phi) is 6.64. The van der Waals surface area contributed by atoms with Crippen molar-refractivity contribution in [1.82, 2.24) is 4.90 Å². The topological polar surface area (TPSA) is 38.5 Å². The van der Waals surface area contributed by atoms with Gasteiger partial charge in [0.05, 0.1) is 6.10 Å². The van der Waals surface area contributed by atoms with Crippen molar-refractivity contribution in [3.05, 3.63) is 0 Å². The summed E-state index contributed by atoms with van der Waals surface area (Å²) in [6.45, 7) is 4.54. The predicted octanol–water partition coefficient (Wildman–Crippen LogP) is 1.18. The van der Waals surface area contributed by atoms with Gasteiger partial charge in [-0.15, -0.1) is 0 Å². The Bertz CT molecular complexity index is 163. The molecular formula is C11H24N2OS. The average Bonchev–Trinajstić information content (AvgIpc) is 2.77. The Morgan fingerprint density at radius 1 is 1.60 bits per heavy atom. The lowest BCUT2D eigenvalue weighted by atomic mass is 10.2. The van der Waals surface area contributed by atoms with Crippen LogP contribution in [0.3, 0.4) is 0 Å². The van der Waals surface area contributed by atoms with Gasteiger partial charge in [-0.25, -0.2) is 0 Å². The molecule has 0 radical (unpaired) electrons. The maximum absolute atomic E-state index is 5.65. The van der Waals surface area contributed by atoms with Crippen LogP contribution in [0.25, 0.3) is 0 Å². The van der Waals surface area contributed by atoms with Gasteiger partial charge in [0.2, 0.25) is 0 Å². The first-order valence-electron chi connectivity index (χ1n) is 5.87. The number of ether oxygens (including phenoxy) is 1. The van der Waals surface area contributed by atoms with Crippen molar-refractivity contribution >= 4 is 11.8 Å². The highest BCUT2D eigenvalue weighted by atomic mass is 32.2. The van der Waals surface area contributed by atoms with Gasteiger partial charge in [-0.2, -0.15) is 11.8 Å². The highest BCUT2D eigenvalue weighted by Gasteiger charge is 2.20. The Labute approximate surface area is 97.7 Å². The van der Waals surface area contributed by atoms with Crippen molar-refractivity contribution in [2.75, 3.05) is 38.2 Å². The normalized spacial score (nSPS) is 23.6. The van der Waals surface area contributed by atoms with Crippen LogP contribution < -0.4 is 5.73 Å². The van der Waals surface area contributed by atoms with Crippen LogP contribution in [0.2, 0.25) is 0 Å². The highest BCUT2D eigenvalue weighted by Crippen LogP contribution is 2.21. The largest absolute Gasteiger partial charge is 0.377 e. The van der Waals surface area contributed by atoms with E-state index in [4.69, 9.17) is 10.5 Å². The first kappa shape index (κ1) is 13.3. The maximum Gasteiger partial charge on any atom is 0.0709 e. The fourth-order valence-electron chi connectivity index (χ4n) is 1.90. The zero-order chi connectivity index (χ0) is 11.1. The SMILES string of the molecule is CCOC(CN)CCN(C)C1CCSC1. The van der Waals surface area contributed by atoms with Gasteiger partial charge in [0.1, 0.15) is 0 Å². The summed E-state index contributed by atoms with van der Waals surface area (Å²) >= 11 is 2.06. The van der Waals surface area contributed by atoms with Crippen LogP contribution in [0.4, 0.5) is 0 Å². The summed E-state index contributed by atoms with van der Waals surface area (Å²) in [5.74, 6) is 2.61. The van der Waals surface area contributed by atoms with E-state index in [0.717, 1.165) is 25.6 Å². The van der Waals surface area contributed by atoms with Crippen molar-refractivity contribution in [3.63, 3.8) is 0 Å². The molecule has 0 bridgehead atoms. The lowest BCUT2D eigenvalue weighted by Gasteiger charge is -2.25. The molecule has 2 atom stereocenters. The van der Waals surface area contributed by atoms with E-state index in [1.54, 1.807) is 0 Å². The summed E-state index contributed by atoms with van der Waals surface area (Å²) in [5, 5.41) is 0. The number of hydrogen-bond donors (Lipinski definition) is 1. The quantitative estimate of drug-likeness (QED) is 0.715. The second kappa shape index (κ2) is 7.49. The summed E-state index contributed by atoms with van der Waals surface area (Å²) in [5.41, 5.74) is 5.65. The summed E-state index contributed by atoms with van der Waals surface area (Å²) < 4.78 is 5.55. The van der Waals surface area contributed by atoms with Crippen LogP contribution in [-0.4, -0.2) is 55.3 Å². The van der Waals surface area contributed by atoms with E-state index in [2.05, 4.69) is 23.7 Å². The van der Waals surface area contributed by atoms with Crippen LogP contribution in [0.1, 0.15) is 19.8 Å². The lowest BCUT2D eigenvalue weighted by Crippen LogP contribution is -2.35. The summed E-state index contributed by atoms with van der Waals surface area (Å²) in [7, 11) is 2.22. The molecule has 1 saturated heterocycles. The zero-order valence-corrected chi connectivity index (χ0v) is 10.8. The van der Waals surface area contributed by atoms with Crippen LogP contribution >= 0.6 is 11.8 Å².